The van der Waals surface area contributed by atoms with Crippen LogP contribution in [0.15, 0.2) is 52.1 Å². The molecule has 1 aromatic heterocycles. The maximum absolute atomic E-state index is 12.9. The lowest BCUT2D eigenvalue weighted by molar-refractivity contribution is -0.116. The van der Waals surface area contributed by atoms with Gasteiger partial charge in [-0.3, -0.25) is 4.79 Å². The maximum atomic E-state index is 12.9. The molecule has 7 nitrogen and oxygen atoms in total. The standard InChI is InChI=1S/C22H22N4O3S/c1-15-11-16(2)13-17(12-15)26(10-6-9-23)20(27)14-30-22-25-24-21(29-22)18-7-4-5-8-19(18)28-3/h4-5,7-8,11-13H,6,10,14H2,1-3H3. The molecule has 2 aromatic carbocycles. The van der Waals surface area contributed by atoms with Gasteiger partial charge in [0.15, 0.2) is 0 Å². The molecule has 0 aliphatic rings. The largest absolute Gasteiger partial charge is 0.496 e. The molecule has 1 heterocycles. The van der Waals surface area contributed by atoms with Gasteiger partial charge in [-0.2, -0.15) is 5.26 Å². The molecule has 8 heteroatoms. The number of benzene rings is 2. The van der Waals surface area contributed by atoms with Gasteiger partial charge in [-0.1, -0.05) is 30.0 Å². The van der Waals surface area contributed by atoms with Gasteiger partial charge >= 0.3 is 0 Å². The van der Waals surface area contributed by atoms with Crippen LogP contribution < -0.4 is 9.64 Å². The van der Waals surface area contributed by atoms with Gasteiger partial charge < -0.3 is 14.1 Å². The summed E-state index contributed by atoms with van der Waals surface area (Å²) in [6, 6.07) is 15.4. The van der Waals surface area contributed by atoms with Crippen molar-refractivity contribution in [2.75, 3.05) is 24.3 Å². The molecule has 0 saturated carbocycles. The summed E-state index contributed by atoms with van der Waals surface area (Å²) >= 11 is 1.17. The van der Waals surface area contributed by atoms with Crippen LogP contribution in [0.4, 0.5) is 5.69 Å². The van der Waals surface area contributed by atoms with E-state index in [1.165, 1.54) is 11.8 Å². The molecular formula is C22H22N4O3S. The van der Waals surface area contributed by atoms with Crippen LogP contribution >= 0.6 is 11.8 Å². The fourth-order valence-electron chi connectivity index (χ4n) is 3.07. The SMILES string of the molecule is COc1ccccc1-c1nnc(SCC(=O)N(CCC#N)c2cc(C)cc(C)c2)o1. The molecule has 1 amide bonds. The number of carbonyl (C=O) groups is 1. The predicted molar refractivity (Wildman–Crippen MR) is 116 cm³/mol. The van der Waals surface area contributed by atoms with Crippen LogP contribution in [0, 0.1) is 25.2 Å². The highest BCUT2D eigenvalue weighted by Gasteiger charge is 2.19. The van der Waals surface area contributed by atoms with Crippen molar-refractivity contribution in [2.45, 2.75) is 25.5 Å². The van der Waals surface area contributed by atoms with Crippen LogP contribution in [0.2, 0.25) is 0 Å². The number of methoxy groups -OCH3 is 1. The minimum absolute atomic E-state index is 0.117. The number of nitrogens with zero attached hydrogens (tertiary/aromatic N) is 4. The van der Waals surface area contributed by atoms with Crippen molar-refractivity contribution in [1.29, 1.82) is 5.26 Å². The lowest BCUT2D eigenvalue weighted by atomic mass is 10.1. The van der Waals surface area contributed by atoms with Crippen LogP contribution in [0.5, 0.6) is 5.75 Å². The molecule has 30 heavy (non-hydrogen) atoms. The average molecular weight is 423 g/mol. The summed E-state index contributed by atoms with van der Waals surface area (Å²) in [6.07, 6.45) is 0.252. The van der Waals surface area contributed by atoms with Gasteiger partial charge in [0.05, 0.1) is 30.9 Å². The summed E-state index contributed by atoms with van der Waals surface area (Å²) in [5, 5.41) is 17.4. The van der Waals surface area contributed by atoms with E-state index in [1.54, 1.807) is 12.0 Å². The van der Waals surface area contributed by atoms with E-state index in [1.807, 2.05) is 56.3 Å². The van der Waals surface area contributed by atoms with Gasteiger partial charge in [0.1, 0.15) is 5.75 Å². The summed E-state index contributed by atoms with van der Waals surface area (Å²) in [6.45, 7) is 4.29. The minimum Gasteiger partial charge on any atom is -0.496 e. The minimum atomic E-state index is -0.128. The van der Waals surface area contributed by atoms with Crippen molar-refractivity contribution >= 4 is 23.4 Å². The topological polar surface area (TPSA) is 92.3 Å². The number of ether oxygens (including phenoxy) is 1. The fourth-order valence-corrected chi connectivity index (χ4v) is 3.70. The van der Waals surface area contributed by atoms with Gasteiger partial charge in [0.2, 0.25) is 5.91 Å². The van der Waals surface area contributed by atoms with Gasteiger partial charge in [-0.15, -0.1) is 10.2 Å². The van der Waals surface area contributed by atoms with E-state index in [4.69, 9.17) is 14.4 Å². The second kappa shape index (κ2) is 9.94. The van der Waals surface area contributed by atoms with Crippen molar-refractivity contribution in [2.24, 2.45) is 0 Å². The van der Waals surface area contributed by atoms with Crippen LogP contribution in [-0.4, -0.2) is 35.5 Å². The molecule has 0 fully saturated rings. The Morgan fingerprint density at radius 2 is 1.93 bits per heavy atom. The maximum Gasteiger partial charge on any atom is 0.277 e. The number of aromatic nitrogens is 2. The highest BCUT2D eigenvalue weighted by atomic mass is 32.2. The first kappa shape index (κ1) is 21.4. The van der Waals surface area contributed by atoms with Crippen molar-refractivity contribution in [1.82, 2.24) is 10.2 Å². The number of carbonyl (C=O) groups excluding carboxylic acids is 1. The molecule has 154 valence electrons. The molecule has 0 radical (unpaired) electrons. The lowest BCUT2D eigenvalue weighted by Crippen LogP contribution is -2.33. The van der Waals surface area contributed by atoms with E-state index in [0.717, 1.165) is 16.8 Å². The Kier molecular flexibility index (Phi) is 7.09. The van der Waals surface area contributed by atoms with E-state index in [9.17, 15) is 4.79 Å². The first-order valence-electron chi connectivity index (χ1n) is 9.37. The summed E-state index contributed by atoms with van der Waals surface area (Å²) in [5.74, 6) is 0.952. The zero-order valence-corrected chi connectivity index (χ0v) is 17.9. The molecule has 0 spiro atoms. The first-order valence-corrected chi connectivity index (χ1v) is 10.4. The van der Waals surface area contributed by atoms with Crippen molar-refractivity contribution < 1.29 is 13.9 Å². The molecule has 3 aromatic rings. The normalized spacial score (nSPS) is 10.5. The summed E-state index contributed by atoms with van der Waals surface area (Å²) in [5.41, 5.74) is 3.60. The molecule has 0 aliphatic carbocycles. The van der Waals surface area contributed by atoms with Gasteiger partial charge in [-0.25, -0.2) is 0 Å². The Morgan fingerprint density at radius 1 is 1.20 bits per heavy atom. The Labute approximate surface area is 179 Å². The van der Waals surface area contributed by atoms with E-state index in [2.05, 4.69) is 16.3 Å². The molecule has 0 atom stereocenters. The summed E-state index contributed by atoms with van der Waals surface area (Å²) in [4.78, 5) is 14.5. The quantitative estimate of drug-likeness (QED) is 0.497. The van der Waals surface area contributed by atoms with Gasteiger partial charge in [0.25, 0.3) is 11.1 Å². The average Bonchev–Trinajstić information content (AvgIpc) is 3.20. The number of nitriles is 1. The van der Waals surface area contributed by atoms with E-state index < -0.39 is 0 Å². The highest BCUT2D eigenvalue weighted by Crippen LogP contribution is 2.30. The molecule has 0 bridgehead atoms. The Balaban J connectivity index is 1.73. The van der Waals surface area contributed by atoms with Crippen LogP contribution in [0.25, 0.3) is 11.5 Å². The number of amides is 1. The molecule has 0 aliphatic heterocycles. The van der Waals surface area contributed by atoms with Crippen LogP contribution in [0.3, 0.4) is 0 Å². The molecule has 0 saturated heterocycles. The number of para-hydroxylation sites is 1. The number of hydrogen-bond donors (Lipinski definition) is 0. The molecular weight excluding hydrogens is 400 g/mol. The van der Waals surface area contributed by atoms with Crippen LogP contribution in [0.1, 0.15) is 17.5 Å². The third kappa shape index (κ3) is 5.19. The predicted octanol–water partition coefficient (Wildman–Crippen LogP) is 4.40. The molecule has 0 N–H and O–H groups in total. The molecule has 3 rings (SSSR count). The highest BCUT2D eigenvalue weighted by molar-refractivity contribution is 7.99. The third-order valence-corrected chi connectivity index (χ3v) is 5.13. The number of aryl methyl sites for hydroxylation is 2. The monoisotopic (exact) mass is 422 g/mol. The second-order valence-electron chi connectivity index (χ2n) is 6.66. The third-order valence-electron chi connectivity index (χ3n) is 4.33. The Morgan fingerprint density at radius 3 is 2.63 bits per heavy atom. The second-order valence-corrected chi connectivity index (χ2v) is 7.59. The smallest absolute Gasteiger partial charge is 0.277 e. The number of hydrogen-bond acceptors (Lipinski definition) is 7. The lowest BCUT2D eigenvalue weighted by Gasteiger charge is -2.22. The summed E-state index contributed by atoms with van der Waals surface area (Å²) < 4.78 is 11.0. The van der Waals surface area contributed by atoms with E-state index in [0.29, 0.717) is 29.0 Å². The molecule has 0 unspecified atom stereocenters. The Hall–Kier alpha value is -3.31. The van der Waals surface area contributed by atoms with E-state index in [-0.39, 0.29) is 18.1 Å². The zero-order valence-electron chi connectivity index (χ0n) is 17.1. The van der Waals surface area contributed by atoms with Crippen LogP contribution in [-0.2, 0) is 4.79 Å². The summed E-state index contributed by atoms with van der Waals surface area (Å²) in [7, 11) is 1.58. The zero-order chi connectivity index (χ0) is 21.5. The van der Waals surface area contributed by atoms with Crippen molar-refractivity contribution in [3.05, 3.63) is 53.6 Å². The number of rotatable bonds is 8. The van der Waals surface area contributed by atoms with Gasteiger partial charge in [-0.05, 0) is 49.2 Å². The van der Waals surface area contributed by atoms with Crippen molar-refractivity contribution in [3.63, 3.8) is 0 Å². The Bertz CT molecular complexity index is 1050. The fraction of sp³-hybridized carbons (Fsp3) is 0.273. The van der Waals surface area contributed by atoms with Gasteiger partial charge in [0, 0.05) is 12.2 Å². The number of anilines is 1. The van der Waals surface area contributed by atoms with Crippen molar-refractivity contribution in [3.8, 4) is 23.3 Å². The first-order chi connectivity index (χ1) is 14.5. The number of thioether (sulfide) groups is 1. The van der Waals surface area contributed by atoms with E-state index >= 15 is 0 Å².